The van der Waals surface area contributed by atoms with Crippen molar-refractivity contribution in [3.63, 3.8) is 0 Å². The van der Waals surface area contributed by atoms with Crippen molar-refractivity contribution in [2.75, 3.05) is 14.2 Å². The molecule has 10 nitrogen and oxygen atoms in total. The fourth-order valence-corrected chi connectivity index (χ4v) is 1.43. The number of methoxy groups -OCH3 is 2. The lowest BCUT2D eigenvalue weighted by Gasteiger charge is -1.96. The minimum absolute atomic E-state index is 0.123. The van der Waals surface area contributed by atoms with Crippen LogP contribution >= 0.6 is 0 Å². The summed E-state index contributed by atoms with van der Waals surface area (Å²) in [6.07, 6.45) is 0. The lowest BCUT2D eigenvalue weighted by molar-refractivity contribution is -0.401. The van der Waals surface area contributed by atoms with Crippen molar-refractivity contribution in [3.05, 3.63) is 33.7 Å². The summed E-state index contributed by atoms with van der Waals surface area (Å²) in [5.74, 6) is -3.31. The molecule has 2 rings (SSSR count). The Morgan fingerprint density at radius 1 is 1.19 bits per heavy atom. The molecule has 0 fully saturated rings. The van der Waals surface area contributed by atoms with Crippen molar-refractivity contribution >= 4 is 17.8 Å². The van der Waals surface area contributed by atoms with Crippen molar-refractivity contribution < 1.29 is 32.8 Å². The van der Waals surface area contributed by atoms with Crippen LogP contribution in [0.5, 0.6) is 0 Å². The van der Waals surface area contributed by atoms with Gasteiger partial charge in [-0.15, -0.1) is 0 Å². The Balaban J connectivity index is 2.49. The number of carbonyl (C=O) groups is 2. The van der Waals surface area contributed by atoms with Crippen LogP contribution in [0.4, 0.5) is 5.88 Å². The topological polar surface area (TPSA) is 135 Å². The van der Waals surface area contributed by atoms with Gasteiger partial charge in [0.2, 0.25) is 11.5 Å². The summed E-state index contributed by atoms with van der Waals surface area (Å²) in [6, 6.07) is 2.29. The number of nitro groups is 1. The number of ether oxygens (including phenoxy) is 2. The second-order valence-corrected chi connectivity index (χ2v) is 3.57. The fourth-order valence-electron chi connectivity index (χ4n) is 1.43. The van der Waals surface area contributed by atoms with Crippen LogP contribution in [0.15, 0.2) is 21.0 Å². The Kier molecular flexibility index (Phi) is 3.69. The van der Waals surface area contributed by atoms with Gasteiger partial charge in [-0.25, -0.2) is 9.59 Å². The average molecular weight is 296 g/mol. The highest BCUT2D eigenvalue weighted by Crippen LogP contribution is 2.27. The molecule has 0 aliphatic carbocycles. The quantitative estimate of drug-likeness (QED) is 0.466. The molecule has 0 bridgehead atoms. The molecule has 0 saturated carbocycles. The lowest BCUT2D eigenvalue weighted by Crippen LogP contribution is -2.10. The van der Waals surface area contributed by atoms with Crippen molar-refractivity contribution in [2.24, 2.45) is 0 Å². The Bertz CT molecular complexity index is 680. The van der Waals surface area contributed by atoms with E-state index in [1.807, 2.05) is 0 Å². The first-order valence-corrected chi connectivity index (χ1v) is 5.40. The molecular formula is C11H8N2O8. The highest BCUT2D eigenvalue weighted by Gasteiger charge is 2.29. The van der Waals surface area contributed by atoms with Crippen molar-refractivity contribution in [1.82, 2.24) is 4.98 Å². The Hall–Kier alpha value is -3.17. The molecule has 0 unspecified atom stereocenters. The molecule has 0 atom stereocenters. The summed E-state index contributed by atoms with van der Waals surface area (Å²) < 4.78 is 18.8. The molecule has 110 valence electrons. The van der Waals surface area contributed by atoms with E-state index < -0.39 is 34.2 Å². The van der Waals surface area contributed by atoms with Crippen molar-refractivity contribution in [2.45, 2.75) is 0 Å². The maximum Gasteiger partial charge on any atom is 0.433 e. The zero-order chi connectivity index (χ0) is 15.6. The molecule has 0 spiro atoms. The number of rotatable bonds is 4. The molecule has 0 saturated heterocycles. The van der Waals surface area contributed by atoms with E-state index in [-0.39, 0.29) is 11.7 Å². The molecule has 0 radical (unpaired) electrons. The van der Waals surface area contributed by atoms with Crippen molar-refractivity contribution in [3.8, 4) is 11.7 Å². The first-order valence-electron chi connectivity index (χ1n) is 5.40. The number of carbonyl (C=O) groups excluding carboxylic acids is 2. The maximum absolute atomic E-state index is 11.5. The van der Waals surface area contributed by atoms with Gasteiger partial charge in [0.15, 0.2) is 5.76 Å². The van der Waals surface area contributed by atoms with Crippen LogP contribution < -0.4 is 0 Å². The first-order chi connectivity index (χ1) is 9.97. The number of esters is 2. The first kappa shape index (κ1) is 14.2. The highest BCUT2D eigenvalue weighted by molar-refractivity contribution is 6.00. The highest BCUT2D eigenvalue weighted by atomic mass is 16.6. The van der Waals surface area contributed by atoms with Crippen LogP contribution in [0.3, 0.4) is 0 Å². The average Bonchev–Trinajstić information content (AvgIpc) is 3.11. The van der Waals surface area contributed by atoms with Gasteiger partial charge in [0.05, 0.1) is 20.3 Å². The number of furan rings is 1. The van der Waals surface area contributed by atoms with Gasteiger partial charge >= 0.3 is 17.8 Å². The van der Waals surface area contributed by atoms with Crippen LogP contribution in [-0.4, -0.2) is 36.1 Å². The largest absolute Gasteiger partial charge is 0.464 e. The van der Waals surface area contributed by atoms with Crippen molar-refractivity contribution in [1.29, 1.82) is 0 Å². The summed E-state index contributed by atoms with van der Waals surface area (Å²) in [7, 11) is 2.18. The Labute approximate surface area is 116 Å². The minimum atomic E-state index is -0.949. The molecule has 21 heavy (non-hydrogen) atoms. The normalized spacial score (nSPS) is 10.2. The third kappa shape index (κ3) is 2.59. The van der Waals surface area contributed by atoms with E-state index in [9.17, 15) is 19.7 Å². The van der Waals surface area contributed by atoms with E-state index in [2.05, 4.69) is 14.5 Å². The zero-order valence-electron chi connectivity index (χ0n) is 10.8. The predicted octanol–water partition coefficient (Wildman–Crippen LogP) is 1.42. The van der Waals surface area contributed by atoms with Crippen LogP contribution in [0.25, 0.3) is 11.7 Å². The van der Waals surface area contributed by atoms with E-state index in [1.165, 1.54) is 6.07 Å². The van der Waals surface area contributed by atoms with E-state index in [0.717, 1.165) is 20.3 Å². The van der Waals surface area contributed by atoms with Crippen LogP contribution in [0, 0.1) is 10.1 Å². The number of hydrogen-bond acceptors (Lipinski definition) is 9. The molecule has 10 heteroatoms. The summed E-state index contributed by atoms with van der Waals surface area (Å²) in [4.78, 5) is 36.6. The van der Waals surface area contributed by atoms with E-state index in [1.54, 1.807) is 0 Å². The van der Waals surface area contributed by atoms with Gasteiger partial charge in [-0.2, -0.15) is 4.98 Å². The smallest absolute Gasteiger partial charge is 0.433 e. The Morgan fingerprint density at radius 3 is 2.38 bits per heavy atom. The number of nitrogens with zero attached hydrogens (tertiary/aromatic N) is 2. The third-order valence-corrected chi connectivity index (χ3v) is 2.36. The molecule has 0 N–H and O–H groups in total. The molecule has 0 aromatic carbocycles. The SMILES string of the molecule is COC(=O)c1nc(-c2ccc([N+](=O)[O-])o2)oc1C(=O)OC. The molecule has 2 heterocycles. The zero-order valence-corrected chi connectivity index (χ0v) is 10.8. The van der Waals surface area contributed by atoms with Crippen LogP contribution in [0.1, 0.15) is 21.0 Å². The summed E-state index contributed by atoms with van der Waals surface area (Å²) >= 11 is 0. The van der Waals surface area contributed by atoms with Gasteiger partial charge < -0.3 is 18.3 Å². The van der Waals surface area contributed by atoms with E-state index in [4.69, 9.17) is 8.83 Å². The second-order valence-electron chi connectivity index (χ2n) is 3.57. The molecule has 2 aromatic rings. The van der Waals surface area contributed by atoms with Crippen LogP contribution in [-0.2, 0) is 9.47 Å². The lowest BCUT2D eigenvalue weighted by atomic mass is 10.3. The molecular weight excluding hydrogens is 288 g/mol. The predicted molar refractivity (Wildman–Crippen MR) is 63.5 cm³/mol. The van der Waals surface area contributed by atoms with Gasteiger partial charge in [0, 0.05) is 0 Å². The molecule has 0 aliphatic heterocycles. The van der Waals surface area contributed by atoms with Gasteiger partial charge in [-0.3, -0.25) is 10.1 Å². The van der Waals surface area contributed by atoms with E-state index >= 15 is 0 Å². The minimum Gasteiger partial charge on any atom is -0.464 e. The van der Waals surface area contributed by atoms with Gasteiger partial charge in [-0.05, 0) is 6.07 Å². The van der Waals surface area contributed by atoms with Gasteiger partial charge in [0.1, 0.15) is 4.92 Å². The summed E-state index contributed by atoms with van der Waals surface area (Å²) in [6.45, 7) is 0. The molecule has 0 amide bonds. The fraction of sp³-hybridized carbons (Fsp3) is 0.182. The Morgan fingerprint density at radius 2 is 1.86 bits per heavy atom. The maximum atomic E-state index is 11.5. The number of hydrogen-bond donors (Lipinski definition) is 0. The number of aromatic nitrogens is 1. The summed E-state index contributed by atoms with van der Waals surface area (Å²) in [5.41, 5.74) is -0.418. The third-order valence-electron chi connectivity index (χ3n) is 2.36. The number of oxazole rings is 1. The van der Waals surface area contributed by atoms with Gasteiger partial charge in [-0.1, -0.05) is 0 Å². The summed E-state index contributed by atoms with van der Waals surface area (Å²) in [5, 5.41) is 10.5. The standard InChI is InChI=1S/C11H8N2O8/c1-18-10(14)7-8(11(15)19-2)21-9(12-7)5-3-4-6(20-5)13(16)17/h3-4H,1-2H3. The van der Waals surface area contributed by atoms with Gasteiger partial charge in [0.25, 0.3) is 5.89 Å². The second kappa shape index (κ2) is 5.45. The van der Waals surface area contributed by atoms with Crippen LogP contribution in [0.2, 0.25) is 0 Å². The molecule has 0 aliphatic rings. The van der Waals surface area contributed by atoms with E-state index in [0.29, 0.717) is 0 Å². The molecule has 2 aromatic heterocycles. The monoisotopic (exact) mass is 296 g/mol.